The molecule has 172 valence electrons. The SMILES string of the molecule is Nc1cccc2c1C(=O)N(C1CCC(=O)N(CCO)C1=O)C2=O.O=C(O)CN1CCCC1. The van der Waals surface area contributed by atoms with Gasteiger partial charge in [-0.1, -0.05) is 6.07 Å². The van der Waals surface area contributed by atoms with Crippen LogP contribution < -0.4 is 5.73 Å². The number of anilines is 1. The lowest BCUT2D eigenvalue weighted by Crippen LogP contribution is -2.56. The molecule has 11 heteroatoms. The second kappa shape index (κ2) is 9.88. The average molecular weight is 446 g/mol. The van der Waals surface area contributed by atoms with Crippen molar-refractivity contribution in [3.05, 3.63) is 29.3 Å². The van der Waals surface area contributed by atoms with Gasteiger partial charge in [0.15, 0.2) is 0 Å². The lowest BCUT2D eigenvalue weighted by atomic mass is 10.0. The number of hydrogen-bond donors (Lipinski definition) is 3. The van der Waals surface area contributed by atoms with Crippen LogP contribution in [0.2, 0.25) is 0 Å². The van der Waals surface area contributed by atoms with Crippen molar-refractivity contribution in [1.82, 2.24) is 14.7 Å². The molecule has 1 aromatic carbocycles. The number of nitrogen functional groups attached to an aromatic ring is 1. The number of amides is 4. The molecule has 1 unspecified atom stereocenters. The third kappa shape index (κ3) is 4.63. The van der Waals surface area contributed by atoms with Gasteiger partial charge in [0, 0.05) is 12.1 Å². The van der Waals surface area contributed by atoms with Gasteiger partial charge < -0.3 is 15.9 Å². The molecule has 0 saturated carbocycles. The number of aliphatic carboxylic acids is 1. The third-order valence-corrected chi connectivity index (χ3v) is 5.66. The molecule has 0 radical (unpaired) electrons. The summed E-state index contributed by atoms with van der Waals surface area (Å²) in [5.41, 5.74) is 6.20. The van der Waals surface area contributed by atoms with Gasteiger partial charge in [0.25, 0.3) is 17.7 Å². The Morgan fingerprint density at radius 1 is 1.09 bits per heavy atom. The Hall–Kier alpha value is -3.31. The number of benzene rings is 1. The summed E-state index contributed by atoms with van der Waals surface area (Å²) in [6.07, 6.45) is 2.42. The Morgan fingerprint density at radius 3 is 2.38 bits per heavy atom. The maximum Gasteiger partial charge on any atom is 0.317 e. The summed E-state index contributed by atoms with van der Waals surface area (Å²) < 4.78 is 0. The maximum absolute atomic E-state index is 12.5. The Labute approximate surface area is 184 Å². The Morgan fingerprint density at radius 2 is 1.78 bits per heavy atom. The summed E-state index contributed by atoms with van der Waals surface area (Å²) in [6, 6.07) is 3.51. The number of hydrogen-bond acceptors (Lipinski definition) is 8. The summed E-state index contributed by atoms with van der Waals surface area (Å²) in [6.45, 7) is 1.62. The molecule has 3 aliphatic rings. The molecule has 4 amide bonds. The van der Waals surface area contributed by atoms with E-state index in [0.29, 0.717) is 0 Å². The van der Waals surface area contributed by atoms with E-state index in [0.717, 1.165) is 35.7 Å². The van der Waals surface area contributed by atoms with Crippen molar-refractivity contribution in [2.24, 2.45) is 0 Å². The van der Waals surface area contributed by atoms with Gasteiger partial charge >= 0.3 is 5.97 Å². The zero-order valence-corrected chi connectivity index (χ0v) is 17.5. The van der Waals surface area contributed by atoms with E-state index in [1.165, 1.54) is 12.1 Å². The monoisotopic (exact) mass is 446 g/mol. The van der Waals surface area contributed by atoms with Crippen molar-refractivity contribution < 1.29 is 34.2 Å². The van der Waals surface area contributed by atoms with Gasteiger partial charge in [-0.25, -0.2) is 0 Å². The smallest absolute Gasteiger partial charge is 0.317 e. The second-order valence-corrected chi connectivity index (χ2v) is 7.79. The molecule has 4 rings (SSSR count). The number of piperidine rings is 1. The topological polar surface area (TPSA) is 162 Å². The van der Waals surface area contributed by atoms with Crippen LogP contribution in [0, 0.1) is 0 Å². The highest BCUT2D eigenvalue weighted by atomic mass is 16.4. The van der Waals surface area contributed by atoms with Crippen LogP contribution in [-0.2, 0) is 14.4 Å². The quantitative estimate of drug-likeness (QED) is 0.401. The number of β-amino-alcohol motifs (C(OH)–C–C–N with tert-alkyl or cyclic N) is 1. The average Bonchev–Trinajstić information content (AvgIpc) is 3.33. The van der Waals surface area contributed by atoms with Crippen molar-refractivity contribution in [3.8, 4) is 0 Å². The molecule has 0 spiro atoms. The number of carbonyl (C=O) groups is 5. The van der Waals surface area contributed by atoms with Crippen LogP contribution in [0.15, 0.2) is 18.2 Å². The molecule has 32 heavy (non-hydrogen) atoms. The number of likely N-dealkylation sites (tertiary alicyclic amines) is 2. The van der Waals surface area contributed by atoms with Crippen LogP contribution in [0.1, 0.15) is 46.4 Å². The van der Waals surface area contributed by atoms with Crippen molar-refractivity contribution in [1.29, 1.82) is 0 Å². The molecule has 0 aromatic heterocycles. The fraction of sp³-hybridized carbons (Fsp3) is 0.476. The second-order valence-electron chi connectivity index (χ2n) is 7.79. The zero-order chi connectivity index (χ0) is 23.4. The summed E-state index contributed by atoms with van der Waals surface area (Å²) >= 11 is 0. The molecule has 3 aliphatic heterocycles. The number of carboxylic acids is 1. The van der Waals surface area contributed by atoms with E-state index in [4.69, 9.17) is 15.9 Å². The van der Waals surface area contributed by atoms with E-state index in [9.17, 15) is 24.0 Å². The van der Waals surface area contributed by atoms with Crippen LogP contribution in [0.3, 0.4) is 0 Å². The number of carbonyl (C=O) groups excluding carboxylic acids is 4. The zero-order valence-electron chi connectivity index (χ0n) is 17.5. The van der Waals surface area contributed by atoms with Gasteiger partial charge in [0.1, 0.15) is 6.04 Å². The molecule has 11 nitrogen and oxygen atoms in total. The lowest BCUT2D eigenvalue weighted by Gasteiger charge is -2.34. The van der Waals surface area contributed by atoms with E-state index >= 15 is 0 Å². The number of rotatable bonds is 5. The highest BCUT2D eigenvalue weighted by Crippen LogP contribution is 2.31. The van der Waals surface area contributed by atoms with Gasteiger partial charge in [-0.15, -0.1) is 0 Å². The highest BCUT2D eigenvalue weighted by molar-refractivity contribution is 6.25. The molecule has 0 aliphatic carbocycles. The Balaban J connectivity index is 0.000000269. The minimum Gasteiger partial charge on any atom is -0.480 e. The van der Waals surface area contributed by atoms with Gasteiger partial charge in [-0.05, 0) is 44.5 Å². The fourth-order valence-electron chi connectivity index (χ4n) is 4.14. The van der Waals surface area contributed by atoms with Crippen LogP contribution in [0.5, 0.6) is 0 Å². The van der Waals surface area contributed by atoms with Gasteiger partial charge in [-0.2, -0.15) is 0 Å². The van der Waals surface area contributed by atoms with Crippen LogP contribution >= 0.6 is 0 Å². The first-order chi connectivity index (χ1) is 15.3. The molecule has 0 bridgehead atoms. The number of aliphatic hydroxyl groups excluding tert-OH is 1. The highest BCUT2D eigenvalue weighted by Gasteiger charge is 2.47. The molecular formula is C21H26N4O7. The summed E-state index contributed by atoms with van der Waals surface area (Å²) in [4.78, 5) is 63.1. The van der Waals surface area contributed by atoms with E-state index in [1.807, 2.05) is 4.90 Å². The fourth-order valence-corrected chi connectivity index (χ4v) is 4.14. The minimum atomic E-state index is -1.05. The molecular weight excluding hydrogens is 420 g/mol. The van der Waals surface area contributed by atoms with Gasteiger partial charge in [-0.3, -0.25) is 38.7 Å². The normalized spacial score (nSPS) is 21.0. The van der Waals surface area contributed by atoms with Gasteiger partial charge in [0.2, 0.25) is 5.91 Å². The third-order valence-electron chi connectivity index (χ3n) is 5.66. The van der Waals surface area contributed by atoms with Crippen LogP contribution in [-0.4, -0.2) is 93.3 Å². The van der Waals surface area contributed by atoms with E-state index in [1.54, 1.807) is 6.07 Å². The molecule has 2 fully saturated rings. The largest absolute Gasteiger partial charge is 0.480 e. The predicted molar refractivity (Wildman–Crippen MR) is 111 cm³/mol. The summed E-state index contributed by atoms with van der Waals surface area (Å²) in [5.74, 6) is -3.00. The van der Waals surface area contributed by atoms with Crippen LogP contribution in [0.25, 0.3) is 0 Å². The first-order valence-corrected chi connectivity index (χ1v) is 10.4. The number of nitrogens with two attached hydrogens (primary N) is 1. The molecule has 1 aromatic rings. The maximum atomic E-state index is 12.5. The number of imide groups is 2. The molecule has 3 heterocycles. The van der Waals surface area contributed by atoms with Crippen molar-refractivity contribution >= 4 is 35.3 Å². The summed E-state index contributed by atoms with van der Waals surface area (Å²) in [7, 11) is 0. The summed E-state index contributed by atoms with van der Waals surface area (Å²) in [5, 5.41) is 17.3. The number of carboxylic acid groups (broad SMARTS) is 1. The number of aliphatic hydroxyl groups is 1. The molecule has 2 saturated heterocycles. The van der Waals surface area contributed by atoms with E-state index in [-0.39, 0.29) is 49.4 Å². The van der Waals surface area contributed by atoms with Crippen LogP contribution in [0.4, 0.5) is 5.69 Å². The number of nitrogens with zero attached hydrogens (tertiary/aromatic N) is 3. The first-order valence-electron chi connectivity index (χ1n) is 10.4. The predicted octanol–water partition coefficient (Wildman–Crippen LogP) is -0.458. The minimum absolute atomic E-state index is 0.0271. The Bertz CT molecular complexity index is 942. The first kappa shape index (κ1) is 23.4. The van der Waals surface area contributed by atoms with E-state index in [2.05, 4.69) is 0 Å². The Kier molecular flexibility index (Phi) is 7.21. The molecule has 4 N–H and O–H groups in total. The van der Waals surface area contributed by atoms with Crippen molar-refractivity contribution in [3.63, 3.8) is 0 Å². The van der Waals surface area contributed by atoms with Crippen molar-refractivity contribution in [2.75, 3.05) is 38.5 Å². The molecule has 1 atom stereocenters. The standard InChI is InChI=1S/C15H15N3O5.C6H11NO2/c16-9-3-1-2-8-12(9)15(23)18(13(8)21)10-4-5-11(20)17(6-7-19)14(10)22;8-6(9)5-7-3-1-2-4-7/h1-3,10,19H,4-7,16H2;1-5H2,(H,8,9). The van der Waals surface area contributed by atoms with Gasteiger partial charge in [0.05, 0.1) is 30.8 Å². The van der Waals surface area contributed by atoms with E-state index < -0.39 is 35.6 Å². The van der Waals surface area contributed by atoms with Crippen molar-refractivity contribution in [2.45, 2.75) is 31.7 Å². The lowest BCUT2D eigenvalue weighted by molar-refractivity contribution is -0.152. The number of fused-ring (bicyclic) bond motifs is 1.